The van der Waals surface area contributed by atoms with Crippen LogP contribution in [-0.4, -0.2) is 37.0 Å². The second kappa shape index (κ2) is 10.9. The minimum Gasteiger partial charge on any atom is -0.376 e. The van der Waals surface area contributed by atoms with Gasteiger partial charge in [-0.1, -0.05) is 23.7 Å². The van der Waals surface area contributed by atoms with Crippen molar-refractivity contribution >= 4 is 35.1 Å². The van der Waals surface area contributed by atoms with Crippen LogP contribution in [0.15, 0.2) is 47.5 Å². The first kappa shape index (κ1) is 22.8. The molecule has 3 rings (SSSR count). The highest BCUT2D eigenvalue weighted by atomic mass is 35.5. The zero-order valence-electron chi connectivity index (χ0n) is 17.7. The molecule has 1 heterocycles. The normalized spacial score (nSPS) is 16.1. The third-order valence-electron chi connectivity index (χ3n) is 4.91. The minimum absolute atomic E-state index is 0.0630. The summed E-state index contributed by atoms with van der Waals surface area (Å²) in [6.45, 7) is 5.03. The molecule has 0 spiro atoms. The van der Waals surface area contributed by atoms with Crippen LogP contribution in [0.2, 0.25) is 5.02 Å². The van der Waals surface area contributed by atoms with Crippen LogP contribution in [0.3, 0.4) is 0 Å². The van der Waals surface area contributed by atoms with E-state index in [0.717, 1.165) is 36.3 Å². The van der Waals surface area contributed by atoms with Crippen molar-refractivity contribution in [2.24, 2.45) is 4.99 Å². The van der Waals surface area contributed by atoms with E-state index in [1.165, 1.54) is 6.92 Å². The number of hydrogen-bond acceptors (Lipinski definition) is 4. The van der Waals surface area contributed by atoms with Crippen molar-refractivity contribution in [2.75, 3.05) is 18.5 Å². The van der Waals surface area contributed by atoms with Gasteiger partial charge in [0, 0.05) is 36.3 Å². The molecule has 2 aromatic carbocycles. The summed E-state index contributed by atoms with van der Waals surface area (Å²) in [7, 11) is 0. The Balaban J connectivity index is 1.71. The summed E-state index contributed by atoms with van der Waals surface area (Å²) >= 11 is 6.05. The van der Waals surface area contributed by atoms with Gasteiger partial charge in [-0.2, -0.15) is 0 Å². The highest BCUT2D eigenvalue weighted by molar-refractivity contribution is 6.30. The summed E-state index contributed by atoms with van der Waals surface area (Å²) in [5.74, 6) is -0.0259. The fourth-order valence-electron chi connectivity index (χ4n) is 3.17. The predicted octanol–water partition coefficient (Wildman–Crippen LogP) is 3.66. The summed E-state index contributed by atoms with van der Waals surface area (Å²) in [5.41, 5.74) is 3.15. The summed E-state index contributed by atoms with van der Waals surface area (Å²) in [6, 6.07) is 12.5. The average molecular weight is 443 g/mol. The number of nitrogens with zero attached hydrogens (tertiary/aromatic N) is 1. The molecule has 1 aliphatic rings. The van der Waals surface area contributed by atoms with Gasteiger partial charge in [0.2, 0.25) is 11.9 Å². The molecule has 2 amide bonds. The zero-order valence-corrected chi connectivity index (χ0v) is 18.5. The van der Waals surface area contributed by atoms with E-state index >= 15 is 0 Å². The molecule has 1 saturated heterocycles. The molecule has 1 atom stereocenters. The highest BCUT2D eigenvalue weighted by Gasteiger charge is 2.16. The highest BCUT2D eigenvalue weighted by Crippen LogP contribution is 2.20. The van der Waals surface area contributed by atoms with Gasteiger partial charge in [0.1, 0.15) is 0 Å². The first-order chi connectivity index (χ1) is 14.9. The largest absolute Gasteiger partial charge is 0.376 e. The predicted molar refractivity (Wildman–Crippen MR) is 123 cm³/mol. The zero-order chi connectivity index (χ0) is 22.2. The van der Waals surface area contributed by atoms with Crippen molar-refractivity contribution < 1.29 is 14.3 Å². The molecule has 0 unspecified atom stereocenters. The summed E-state index contributed by atoms with van der Waals surface area (Å²) < 4.78 is 5.64. The molecule has 0 saturated carbocycles. The van der Waals surface area contributed by atoms with Crippen LogP contribution in [0.25, 0.3) is 0 Å². The fraction of sp³-hybridized carbons (Fsp3) is 0.348. The maximum Gasteiger partial charge on any atom is 0.257 e. The van der Waals surface area contributed by atoms with Gasteiger partial charge in [-0.3, -0.25) is 14.9 Å². The summed E-state index contributed by atoms with van der Waals surface area (Å²) in [6.07, 6.45) is 2.05. The van der Waals surface area contributed by atoms with E-state index in [9.17, 15) is 9.59 Å². The molecule has 31 heavy (non-hydrogen) atoms. The number of ether oxygens (including phenoxy) is 1. The molecular formula is C23H27ClN4O3. The third-order valence-corrected chi connectivity index (χ3v) is 5.14. The summed E-state index contributed by atoms with van der Waals surface area (Å²) in [4.78, 5) is 28.4. The second-order valence-electron chi connectivity index (χ2n) is 7.47. The molecule has 0 aromatic heterocycles. The number of rotatable bonds is 6. The van der Waals surface area contributed by atoms with E-state index in [4.69, 9.17) is 16.3 Å². The van der Waals surface area contributed by atoms with E-state index in [0.29, 0.717) is 29.6 Å². The lowest BCUT2D eigenvalue weighted by atomic mass is 10.1. The lowest BCUT2D eigenvalue weighted by Gasteiger charge is -2.15. The third kappa shape index (κ3) is 7.08. The molecule has 0 bridgehead atoms. The van der Waals surface area contributed by atoms with Crippen LogP contribution < -0.4 is 16.0 Å². The number of guanidine groups is 1. The Bertz CT molecular complexity index is 954. The second-order valence-corrected chi connectivity index (χ2v) is 7.91. The number of aliphatic imine (C=N–C) groups is 1. The van der Waals surface area contributed by atoms with Crippen molar-refractivity contribution in [3.05, 3.63) is 64.2 Å². The Labute approximate surface area is 187 Å². The van der Waals surface area contributed by atoms with Crippen molar-refractivity contribution in [1.29, 1.82) is 0 Å². The van der Waals surface area contributed by atoms with E-state index in [2.05, 4.69) is 20.9 Å². The van der Waals surface area contributed by atoms with E-state index in [1.807, 2.05) is 31.2 Å². The number of aryl methyl sites for hydroxylation is 1. The van der Waals surface area contributed by atoms with E-state index in [-0.39, 0.29) is 17.9 Å². The number of carbonyl (C=O) groups is 2. The van der Waals surface area contributed by atoms with E-state index in [1.54, 1.807) is 18.2 Å². The Morgan fingerprint density at radius 1 is 1.19 bits per heavy atom. The number of amides is 2. The van der Waals surface area contributed by atoms with Gasteiger partial charge >= 0.3 is 0 Å². The van der Waals surface area contributed by atoms with Crippen molar-refractivity contribution in [3.8, 4) is 0 Å². The molecule has 8 heteroatoms. The van der Waals surface area contributed by atoms with Crippen LogP contribution in [-0.2, 0) is 16.1 Å². The molecule has 1 aliphatic heterocycles. The molecule has 0 aliphatic carbocycles. The molecule has 1 fully saturated rings. The Kier molecular flexibility index (Phi) is 8.03. The van der Waals surface area contributed by atoms with Crippen molar-refractivity contribution in [2.45, 2.75) is 39.3 Å². The molecule has 3 N–H and O–H groups in total. The monoisotopic (exact) mass is 442 g/mol. The first-order valence-electron chi connectivity index (χ1n) is 10.2. The minimum atomic E-state index is -0.281. The Morgan fingerprint density at radius 2 is 1.97 bits per heavy atom. The van der Waals surface area contributed by atoms with Gasteiger partial charge in [0.05, 0.1) is 12.6 Å². The maximum absolute atomic E-state index is 12.8. The molecule has 0 radical (unpaired) electrons. The smallest absolute Gasteiger partial charge is 0.257 e. The van der Waals surface area contributed by atoms with Crippen molar-refractivity contribution in [3.63, 3.8) is 0 Å². The molecular weight excluding hydrogens is 416 g/mol. The van der Waals surface area contributed by atoms with Gasteiger partial charge in [0.15, 0.2) is 0 Å². The standard InChI is InChI=1S/C23H27ClN4O3/c1-15-12-19(24)9-10-21(15)27-23(26-14-20-4-3-11-31-20)28-22(30)18-7-5-17(6-8-18)13-25-16(2)29/h5-10,12,20H,3-4,11,13-14H2,1-2H3,(H,25,29)(H2,26,27,28,30)/t20-/m1/s1. The maximum atomic E-state index is 12.8. The number of anilines is 1. The van der Waals surface area contributed by atoms with Gasteiger partial charge in [-0.05, 0) is 61.2 Å². The Hall–Kier alpha value is -2.90. The number of carbonyl (C=O) groups excluding carboxylic acids is 2. The number of nitrogens with one attached hydrogen (secondary N) is 3. The van der Waals surface area contributed by atoms with Crippen LogP contribution >= 0.6 is 11.6 Å². The van der Waals surface area contributed by atoms with Crippen LogP contribution in [0.5, 0.6) is 0 Å². The SMILES string of the molecule is CC(=O)NCc1ccc(C(=O)NC(=NC[C@H]2CCCO2)Nc2ccc(Cl)cc2C)cc1. The molecule has 7 nitrogen and oxygen atoms in total. The summed E-state index contributed by atoms with van der Waals surface area (Å²) in [5, 5.41) is 9.43. The number of hydrogen-bond donors (Lipinski definition) is 3. The van der Waals surface area contributed by atoms with Gasteiger partial charge in [-0.15, -0.1) is 0 Å². The van der Waals surface area contributed by atoms with Crippen LogP contribution in [0, 0.1) is 6.92 Å². The van der Waals surface area contributed by atoms with Gasteiger partial charge in [0.25, 0.3) is 5.91 Å². The average Bonchev–Trinajstić information content (AvgIpc) is 3.26. The van der Waals surface area contributed by atoms with Gasteiger partial charge < -0.3 is 15.4 Å². The lowest BCUT2D eigenvalue weighted by molar-refractivity contribution is -0.119. The quantitative estimate of drug-likeness (QED) is 0.470. The van der Waals surface area contributed by atoms with Crippen LogP contribution in [0.4, 0.5) is 5.69 Å². The van der Waals surface area contributed by atoms with Gasteiger partial charge in [-0.25, -0.2) is 4.99 Å². The molecule has 164 valence electrons. The van der Waals surface area contributed by atoms with Crippen LogP contribution in [0.1, 0.15) is 41.3 Å². The number of halogens is 1. The Morgan fingerprint density at radius 3 is 2.61 bits per heavy atom. The number of benzene rings is 2. The fourth-order valence-corrected chi connectivity index (χ4v) is 3.39. The topological polar surface area (TPSA) is 91.8 Å². The van der Waals surface area contributed by atoms with E-state index < -0.39 is 0 Å². The first-order valence-corrected chi connectivity index (χ1v) is 10.6. The molecule has 2 aromatic rings. The lowest BCUT2D eigenvalue weighted by Crippen LogP contribution is -2.37. The van der Waals surface area contributed by atoms with Crippen molar-refractivity contribution in [1.82, 2.24) is 10.6 Å².